The topological polar surface area (TPSA) is 140 Å². The van der Waals surface area contributed by atoms with Crippen LogP contribution in [0.15, 0.2) is 0 Å². The standard InChI is InChI=1S/C4H7N.H3N.H4O4Si/c1-2-3-4-5;;1-5(2,3)4/h2-3H2,1H3;1H3;1-4H. The van der Waals surface area contributed by atoms with Gasteiger partial charge in [-0.3, -0.25) is 0 Å². The summed E-state index contributed by atoms with van der Waals surface area (Å²) in [5, 5.41) is 7.82. The lowest BCUT2D eigenvalue weighted by molar-refractivity contribution is 0.117. The molecule has 6 nitrogen and oxygen atoms in total. The minimum Gasteiger partial charge on any atom is -0.368 e. The third-order valence-electron chi connectivity index (χ3n) is 0.362. The highest BCUT2D eigenvalue weighted by Gasteiger charge is 2.22. The third kappa shape index (κ3) is 236. The van der Waals surface area contributed by atoms with Crippen molar-refractivity contribution in [2.45, 2.75) is 19.8 Å². The van der Waals surface area contributed by atoms with Crippen molar-refractivity contribution in [3.63, 3.8) is 0 Å². The molecule has 0 bridgehead atoms. The van der Waals surface area contributed by atoms with Gasteiger partial charge < -0.3 is 25.3 Å². The monoisotopic (exact) mass is 182 g/mol. The Balaban J connectivity index is -0.000000107. The minimum absolute atomic E-state index is 0. The lowest BCUT2D eigenvalue weighted by Gasteiger charge is -1.91. The van der Waals surface area contributed by atoms with Crippen LogP contribution in [0.2, 0.25) is 0 Å². The number of rotatable bonds is 1. The summed E-state index contributed by atoms with van der Waals surface area (Å²) < 4.78 is 0. The Morgan fingerprint density at radius 1 is 1.27 bits per heavy atom. The van der Waals surface area contributed by atoms with Gasteiger partial charge in [0, 0.05) is 6.42 Å². The van der Waals surface area contributed by atoms with Crippen molar-refractivity contribution < 1.29 is 19.2 Å². The summed E-state index contributed by atoms with van der Waals surface area (Å²) in [7, 11) is -4.61. The van der Waals surface area contributed by atoms with Crippen molar-refractivity contribution in [2.75, 3.05) is 0 Å². The molecule has 0 radical (unpaired) electrons. The van der Waals surface area contributed by atoms with Gasteiger partial charge in [0.05, 0.1) is 6.07 Å². The Morgan fingerprint density at radius 3 is 1.55 bits per heavy atom. The van der Waals surface area contributed by atoms with Crippen molar-refractivity contribution in [3.05, 3.63) is 0 Å². The first-order chi connectivity index (χ1) is 4.41. The molecule has 0 aromatic heterocycles. The average Bonchev–Trinajstić information content (AvgIpc) is 1.63. The van der Waals surface area contributed by atoms with Crippen LogP contribution in [0.3, 0.4) is 0 Å². The molecule has 11 heavy (non-hydrogen) atoms. The van der Waals surface area contributed by atoms with Gasteiger partial charge in [-0.25, -0.2) is 0 Å². The maximum absolute atomic E-state index is 7.82. The molecule has 7 heteroatoms. The number of hydrogen-bond acceptors (Lipinski definition) is 6. The van der Waals surface area contributed by atoms with E-state index in [2.05, 4.69) is 0 Å². The molecule has 0 aromatic rings. The van der Waals surface area contributed by atoms with Gasteiger partial charge in [-0.1, -0.05) is 6.92 Å². The molecule has 7 N–H and O–H groups in total. The predicted molar refractivity (Wildman–Crippen MR) is 40.2 cm³/mol. The van der Waals surface area contributed by atoms with E-state index in [1.807, 2.05) is 13.0 Å². The molecule has 0 aliphatic rings. The molecular weight excluding hydrogens is 168 g/mol. The lowest BCUT2D eigenvalue weighted by atomic mass is 10.4. The first kappa shape index (κ1) is 16.9. The molecular formula is C4H14N2O4Si. The average molecular weight is 182 g/mol. The Kier molecular flexibility index (Phi) is 14.6. The Bertz CT molecular complexity index is 102. The van der Waals surface area contributed by atoms with Gasteiger partial charge in [0.2, 0.25) is 0 Å². The maximum atomic E-state index is 7.82. The second-order valence-electron chi connectivity index (χ2n) is 1.51. The van der Waals surface area contributed by atoms with Crippen LogP contribution in [0.1, 0.15) is 19.8 Å². The summed E-state index contributed by atoms with van der Waals surface area (Å²) in [5.74, 6) is 0. The van der Waals surface area contributed by atoms with Crippen LogP contribution < -0.4 is 6.15 Å². The number of hydrogen-bond donors (Lipinski definition) is 5. The Hall–Kier alpha value is -0.493. The Morgan fingerprint density at radius 2 is 1.55 bits per heavy atom. The molecule has 0 saturated carbocycles. The van der Waals surface area contributed by atoms with E-state index in [-0.39, 0.29) is 6.15 Å². The van der Waals surface area contributed by atoms with Gasteiger partial charge in [-0.15, -0.1) is 0 Å². The molecule has 0 atom stereocenters. The SMILES string of the molecule is CCCC#N.N.O[Si](O)(O)O. The summed E-state index contributed by atoms with van der Waals surface area (Å²) in [4.78, 5) is 29.3. The predicted octanol–water partition coefficient (Wildman–Crippen LogP) is -1.14. The van der Waals surface area contributed by atoms with E-state index >= 15 is 0 Å². The molecule has 0 heterocycles. The molecule has 0 fully saturated rings. The van der Waals surface area contributed by atoms with Gasteiger partial charge in [-0.2, -0.15) is 5.26 Å². The molecule has 68 valence electrons. The highest BCUT2D eigenvalue weighted by Crippen LogP contribution is 1.77. The minimum atomic E-state index is -4.61. The molecule has 0 amide bonds. The summed E-state index contributed by atoms with van der Waals surface area (Å²) >= 11 is 0. The number of nitriles is 1. The van der Waals surface area contributed by atoms with E-state index in [1.54, 1.807) is 0 Å². The maximum Gasteiger partial charge on any atom is 0.668 e. The second-order valence-corrected chi connectivity index (χ2v) is 2.71. The van der Waals surface area contributed by atoms with Crippen LogP contribution in [0.25, 0.3) is 0 Å². The van der Waals surface area contributed by atoms with Crippen molar-refractivity contribution >= 4 is 9.05 Å². The quantitative estimate of drug-likeness (QED) is 0.325. The largest absolute Gasteiger partial charge is 0.668 e. The molecule has 0 aromatic carbocycles. The van der Waals surface area contributed by atoms with Crippen LogP contribution in [0, 0.1) is 11.3 Å². The van der Waals surface area contributed by atoms with E-state index in [4.69, 9.17) is 24.4 Å². The van der Waals surface area contributed by atoms with Crippen LogP contribution in [0.4, 0.5) is 0 Å². The number of unbranched alkanes of at least 4 members (excludes halogenated alkanes) is 1. The van der Waals surface area contributed by atoms with E-state index < -0.39 is 9.05 Å². The van der Waals surface area contributed by atoms with Crippen LogP contribution in [-0.4, -0.2) is 28.2 Å². The molecule has 0 spiro atoms. The van der Waals surface area contributed by atoms with E-state index in [9.17, 15) is 0 Å². The fraction of sp³-hybridized carbons (Fsp3) is 0.750. The van der Waals surface area contributed by atoms with Gasteiger partial charge in [0.15, 0.2) is 0 Å². The van der Waals surface area contributed by atoms with Crippen molar-refractivity contribution in [1.29, 1.82) is 5.26 Å². The highest BCUT2D eigenvalue weighted by molar-refractivity contribution is 6.46. The van der Waals surface area contributed by atoms with Crippen LogP contribution in [0.5, 0.6) is 0 Å². The van der Waals surface area contributed by atoms with E-state index in [0.717, 1.165) is 6.42 Å². The normalized spacial score (nSPS) is 8.36. The van der Waals surface area contributed by atoms with Gasteiger partial charge in [-0.05, 0) is 6.42 Å². The lowest BCUT2D eigenvalue weighted by Crippen LogP contribution is -2.33. The summed E-state index contributed by atoms with van der Waals surface area (Å²) in [6.45, 7) is 1.99. The molecule has 0 rings (SSSR count). The molecule has 0 aliphatic carbocycles. The van der Waals surface area contributed by atoms with Gasteiger partial charge in [0.25, 0.3) is 0 Å². The summed E-state index contributed by atoms with van der Waals surface area (Å²) in [6, 6.07) is 2.02. The number of nitrogens with zero attached hydrogens (tertiary/aromatic N) is 1. The van der Waals surface area contributed by atoms with Crippen LogP contribution in [-0.2, 0) is 0 Å². The molecule has 0 aliphatic heterocycles. The van der Waals surface area contributed by atoms with Gasteiger partial charge >= 0.3 is 9.05 Å². The fourth-order valence-corrected chi connectivity index (χ4v) is 0.112. The third-order valence-corrected chi connectivity index (χ3v) is 0.362. The zero-order chi connectivity index (χ0) is 8.62. The first-order valence-electron chi connectivity index (χ1n) is 2.68. The van der Waals surface area contributed by atoms with E-state index in [1.165, 1.54) is 0 Å². The smallest absolute Gasteiger partial charge is 0.368 e. The molecule has 0 saturated heterocycles. The highest BCUT2D eigenvalue weighted by atomic mass is 28.4. The van der Waals surface area contributed by atoms with Crippen LogP contribution >= 0.6 is 0 Å². The zero-order valence-corrected chi connectivity index (χ0v) is 7.36. The van der Waals surface area contributed by atoms with Crippen molar-refractivity contribution in [2.24, 2.45) is 0 Å². The summed E-state index contributed by atoms with van der Waals surface area (Å²) in [5.41, 5.74) is 0. The fourth-order valence-electron chi connectivity index (χ4n) is 0.112. The van der Waals surface area contributed by atoms with E-state index in [0.29, 0.717) is 6.42 Å². The zero-order valence-electron chi connectivity index (χ0n) is 6.36. The van der Waals surface area contributed by atoms with Crippen molar-refractivity contribution in [1.82, 2.24) is 6.15 Å². The van der Waals surface area contributed by atoms with Crippen molar-refractivity contribution in [3.8, 4) is 6.07 Å². The first-order valence-corrected chi connectivity index (χ1v) is 4.47. The summed E-state index contributed by atoms with van der Waals surface area (Å²) in [6.07, 6.45) is 1.68. The second kappa shape index (κ2) is 9.51. The molecule has 0 unspecified atom stereocenters. The van der Waals surface area contributed by atoms with Gasteiger partial charge in [0.1, 0.15) is 0 Å². The Labute approximate surface area is 66.4 Å².